The fourth-order valence-electron chi connectivity index (χ4n) is 4.55. The second-order valence-corrected chi connectivity index (χ2v) is 8.70. The zero-order valence-corrected chi connectivity index (χ0v) is 20.5. The smallest absolute Gasteiger partial charge is 0.295 e. The van der Waals surface area contributed by atoms with E-state index >= 15 is 0 Å². The zero-order chi connectivity index (χ0) is 25.5. The number of hydrogen-bond donors (Lipinski definition) is 1. The van der Waals surface area contributed by atoms with Crippen molar-refractivity contribution in [2.45, 2.75) is 12.5 Å². The van der Waals surface area contributed by atoms with E-state index in [0.717, 1.165) is 25.2 Å². The molecule has 2 fully saturated rings. The van der Waals surface area contributed by atoms with Gasteiger partial charge in [0.05, 0.1) is 31.9 Å². The lowest BCUT2D eigenvalue weighted by atomic mass is 9.95. The molecule has 0 saturated carbocycles. The quantitative estimate of drug-likeness (QED) is 0.235. The molecule has 0 spiro atoms. The molecule has 2 saturated heterocycles. The number of amides is 1. The molecule has 4 rings (SSSR count). The fourth-order valence-corrected chi connectivity index (χ4v) is 4.55. The van der Waals surface area contributed by atoms with Gasteiger partial charge in [0, 0.05) is 31.7 Å². The number of carbonyl (C=O) groups excluding carboxylic acids is 2. The molecule has 8 nitrogen and oxygen atoms in total. The van der Waals surface area contributed by atoms with E-state index in [-0.39, 0.29) is 11.3 Å². The van der Waals surface area contributed by atoms with Crippen LogP contribution in [0.5, 0.6) is 11.5 Å². The number of aliphatic hydroxyl groups excluding tert-OH is 1. The van der Waals surface area contributed by atoms with Crippen LogP contribution in [0, 0.1) is 0 Å². The van der Waals surface area contributed by atoms with E-state index in [4.69, 9.17) is 14.2 Å². The maximum atomic E-state index is 13.2. The Bertz CT molecular complexity index is 1100. The Morgan fingerprint density at radius 2 is 1.72 bits per heavy atom. The molecule has 1 unspecified atom stereocenters. The molecule has 2 aromatic carbocycles. The van der Waals surface area contributed by atoms with Crippen molar-refractivity contribution in [3.8, 4) is 11.5 Å². The Morgan fingerprint density at radius 1 is 1.06 bits per heavy atom. The second-order valence-electron chi connectivity index (χ2n) is 8.70. The Balaban J connectivity index is 1.65. The standard InChI is InChI=1S/C28H32N2O6/c1-3-17-36-23-11-5-20(6-12-23)25-24(26(31)21-7-9-22(34-2)10-8-21)27(32)28(33)30(25)14-4-13-29-15-18-35-19-16-29/h3,5-12,25,31H,1,4,13-19H2,2H3/b26-24+. The SMILES string of the molecule is C=CCOc1ccc(C2/C(=C(\O)c3ccc(OC)cc3)C(=O)C(=O)N2CCCN2CCOCC2)cc1. The van der Waals surface area contributed by atoms with Crippen molar-refractivity contribution in [1.82, 2.24) is 9.80 Å². The number of ketones is 1. The summed E-state index contributed by atoms with van der Waals surface area (Å²) in [5.74, 6) is -0.223. The van der Waals surface area contributed by atoms with Gasteiger partial charge in [-0.05, 0) is 48.4 Å². The first-order valence-corrected chi connectivity index (χ1v) is 12.1. The molecule has 8 heteroatoms. The van der Waals surface area contributed by atoms with Crippen molar-refractivity contribution in [3.63, 3.8) is 0 Å². The van der Waals surface area contributed by atoms with Crippen molar-refractivity contribution in [3.05, 3.63) is 77.9 Å². The highest BCUT2D eigenvalue weighted by Crippen LogP contribution is 2.40. The minimum absolute atomic E-state index is 0.0799. The first kappa shape index (κ1) is 25.5. The lowest BCUT2D eigenvalue weighted by Gasteiger charge is -2.29. The maximum Gasteiger partial charge on any atom is 0.295 e. The molecule has 0 radical (unpaired) electrons. The predicted molar refractivity (Wildman–Crippen MR) is 136 cm³/mol. The van der Waals surface area contributed by atoms with E-state index in [1.807, 2.05) is 12.1 Å². The highest BCUT2D eigenvalue weighted by Gasteiger charge is 2.45. The number of aliphatic hydroxyl groups is 1. The van der Waals surface area contributed by atoms with E-state index in [1.54, 1.807) is 54.5 Å². The zero-order valence-electron chi connectivity index (χ0n) is 20.5. The highest BCUT2D eigenvalue weighted by atomic mass is 16.5. The van der Waals surface area contributed by atoms with Gasteiger partial charge in [-0.25, -0.2) is 0 Å². The van der Waals surface area contributed by atoms with Crippen LogP contribution in [-0.4, -0.2) is 79.7 Å². The number of methoxy groups -OCH3 is 1. The Kier molecular flexibility index (Phi) is 8.40. The number of likely N-dealkylation sites (tertiary alicyclic amines) is 1. The van der Waals surface area contributed by atoms with Crippen LogP contribution in [0.1, 0.15) is 23.6 Å². The number of carbonyl (C=O) groups is 2. The van der Waals surface area contributed by atoms with Gasteiger partial charge in [-0.1, -0.05) is 24.8 Å². The third-order valence-corrected chi connectivity index (χ3v) is 6.44. The molecule has 2 heterocycles. The minimum atomic E-state index is -0.703. The summed E-state index contributed by atoms with van der Waals surface area (Å²) in [5, 5.41) is 11.2. The normalized spacial score (nSPS) is 19.9. The van der Waals surface area contributed by atoms with Gasteiger partial charge >= 0.3 is 0 Å². The van der Waals surface area contributed by atoms with E-state index in [0.29, 0.717) is 49.8 Å². The summed E-state index contributed by atoms with van der Waals surface area (Å²) in [6, 6.07) is 13.3. The molecule has 1 N–H and O–H groups in total. The first-order chi connectivity index (χ1) is 17.5. The fraction of sp³-hybridized carbons (Fsp3) is 0.357. The number of morpholine rings is 1. The molecule has 36 heavy (non-hydrogen) atoms. The molecule has 2 aliphatic heterocycles. The van der Waals surface area contributed by atoms with Gasteiger partial charge in [0.1, 0.15) is 23.9 Å². The number of nitrogens with zero attached hydrogens (tertiary/aromatic N) is 2. The Labute approximate surface area is 211 Å². The summed E-state index contributed by atoms with van der Waals surface area (Å²) in [4.78, 5) is 30.2. The lowest BCUT2D eigenvalue weighted by molar-refractivity contribution is -0.140. The topological polar surface area (TPSA) is 88.5 Å². The third kappa shape index (κ3) is 5.61. The van der Waals surface area contributed by atoms with E-state index in [1.165, 1.54) is 0 Å². The van der Waals surface area contributed by atoms with Crippen LogP contribution in [0.3, 0.4) is 0 Å². The molecular formula is C28H32N2O6. The minimum Gasteiger partial charge on any atom is -0.507 e. The highest BCUT2D eigenvalue weighted by molar-refractivity contribution is 6.46. The number of ether oxygens (including phenoxy) is 3. The van der Waals surface area contributed by atoms with Gasteiger partial charge in [0.15, 0.2) is 0 Å². The summed E-state index contributed by atoms with van der Waals surface area (Å²) in [7, 11) is 1.56. The Morgan fingerprint density at radius 3 is 2.36 bits per heavy atom. The summed E-state index contributed by atoms with van der Waals surface area (Å²) in [6.45, 7) is 8.32. The molecular weight excluding hydrogens is 460 g/mol. The van der Waals surface area contributed by atoms with Crippen LogP contribution < -0.4 is 9.47 Å². The first-order valence-electron chi connectivity index (χ1n) is 12.1. The molecule has 190 valence electrons. The molecule has 0 aromatic heterocycles. The number of hydrogen-bond acceptors (Lipinski definition) is 7. The van der Waals surface area contributed by atoms with Gasteiger partial charge in [-0.3, -0.25) is 14.5 Å². The van der Waals surface area contributed by atoms with Gasteiger partial charge in [-0.15, -0.1) is 0 Å². The number of benzene rings is 2. The Hall–Kier alpha value is -3.62. The van der Waals surface area contributed by atoms with Crippen LogP contribution >= 0.6 is 0 Å². The average molecular weight is 493 g/mol. The van der Waals surface area contributed by atoms with Gasteiger partial charge < -0.3 is 24.2 Å². The molecule has 2 aromatic rings. The van der Waals surface area contributed by atoms with Crippen LogP contribution in [-0.2, 0) is 14.3 Å². The maximum absolute atomic E-state index is 13.2. The van der Waals surface area contributed by atoms with Crippen molar-refractivity contribution < 1.29 is 28.9 Å². The molecule has 1 amide bonds. The lowest BCUT2D eigenvalue weighted by Crippen LogP contribution is -2.38. The van der Waals surface area contributed by atoms with Crippen molar-refractivity contribution in [2.24, 2.45) is 0 Å². The van der Waals surface area contributed by atoms with Crippen molar-refractivity contribution in [1.29, 1.82) is 0 Å². The summed E-state index contributed by atoms with van der Waals surface area (Å²) in [6.07, 6.45) is 2.36. The average Bonchev–Trinajstić information content (AvgIpc) is 3.17. The van der Waals surface area contributed by atoms with Crippen LogP contribution in [0.15, 0.2) is 66.8 Å². The van der Waals surface area contributed by atoms with E-state index in [9.17, 15) is 14.7 Å². The number of rotatable bonds is 10. The van der Waals surface area contributed by atoms with Crippen molar-refractivity contribution in [2.75, 3.05) is 53.1 Å². The van der Waals surface area contributed by atoms with E-state index in [2.05, 4.69) is 11.5 Å². The number of Topliss-reactive ketones (excluding diaryl/α,β-unsaturated/α-hetero) is 1. The summed E-state index contributed by atoms with van der Waals surface area (Å²) in [5.41, 5.74) is 1.25. The van der Waals surface area contributed by atoms with Crippen molar-refractivity contribution >= 4 is 17.4 Å². The second kappa shape index (κ2) is 11.9. The van der Waals surface area contributed by atoms with Crippen LogP contribution in [0.25, 0.3) is 5.76 Å². The monoisotopic (exact) mass is 492 g/mol. The molecule has 1 atom stereocenters. The predicted octanol–water partition coefficient (Wildman–Crippen LogP) is 3.40. The summed E-state index contributed by atoms with van der Waals surface area (Å²) < 4.78 is 16.2. The van der Waals surface area contributed by atoms with Crippen LogP contribution in [0.4, 0.5) is 0 Å². The molecule has 0 bridgehead atoms. The third-order valence-electron chi connectivity index (χ3n) is 6.44. The van der Waals surface area contributed by atoms with Crippen LogP contribution in [0.2, 0.25) is 0 Å². The van der Waals surface area contributed by atoms with Gasteiger partial charge in [0.2, 0.25) is 0 Å². The van der Waals surface area contributed by atoms with Gasteiger partial charge in [-0.2, -0.15) is 0 Å². The molecule has 0 aliphatic carbocycles. The van der Waals surface area contributed by atoms with E-state index < -0.39 is 17.7 Å². The van der Waals surface area contributed by atoms with Gasteiger partial charge in [0.25, 0.3) is 11.7 Å². The summed E-state index contributed by atoms with van der Waals surface area (Å²) >= 11 is 0. The molecule has 2 aliphatic rings. The largest absolute Gasteiger partial charge is 0.507 e.